The number of amides is 1. The van der Waals surface area contributed by atoms with Gasteiger partial charge in [-0.1, -0.05) is 5.16 Å². The van der Waals surface area contributed by atoms with Crippen molar-refractivity contribution in [1.29, 1.82) is 0 Å². The highest BCUT2D eigenvalue weighted by molar-refractivity contribution is 7.92. The molecule has 1 amide bonds. The first-order valence-corrected chi connectivity index (χ1v) is 10.9. The maximum absolute atomic E-state index is 12.8. The first-order chi connectivity index (χ1) is 12.8. The molecule has 3 aliphatic heterocycles. The van der Waals surface area contributed by atoms with Gasteiger partial charge in [0.15, 0.2) is 9.84 Å². The topological polar surface area (TPSA) is 102 Å². The molecular weight excluding hydrogens is 374 g/mol. The Hall–Kier alpha value is -1.49. The van der Waals surface area contributed by atoms with Gasteiger partial charge < -0.3 is 18.9 Å². The molecule has 0 unspecified atom stereocenters. The maximum Gasteiger partial charge on any atom is 0.259 e. The smallest absolute Gasteiger partial charge is 0.259 e. The zero-order chi connectivity index (χ0) is 19.2. The third-order valence-electron chi connectivity index (χ3n) is 5.61. The summed E-state index contributed by atoms with van der Waals surface area (Å²) >= 11 is 0. The Balaban J connectivity index is 1.38. The van der Waals surface area contributed by atoms with Gasteiger partial charge in [-0.15, -0.1) is 0 Å². The number of carbonyl (C=O) groups is 1. The van der Waals surface area contributed by atoms with Crippen LogP contribution in [0.1, 0.15) is 21.8 Å². The van der Waals surface area contributed by atoms with Gasteiger partial charge in [0.1, 0.15) is 16.9 Å². The van der Waals surface area contributed by atoms with E-state index in [4.69, 9.17) is 14.0 Å². The van der Waals surface area contributed by atoms with E-state index in [1.807, 2.05) is 0 Å². The van der Waals surface area contributed by atoms with Gasteiger partial charge in [0.2, 0.25) is 0 Å². The lowest BCUT2D eigenvalue weighted by Crippen LogP contribution is -2.71. The zero-order valence-corrected chi connectivity index (χ0v) is 16.5. The normalized spacial score (nSPS) is 27.5. The summed E-state index contributed by atoms with van der Waals surface area (Å²) < 4.78 is 42.0. The molecule has 0 N–H and O–H groups in total. The zero-order valence-electron chi connectivity index (χ0n) is 15.6. The largest absolute Gasteiger partial charge is 0.379 e. The van der Waals surface area contributed by atoms with E-state index in [0.29, 0.717) is 36.8 Å². The van der Waals surface area contributed by atoms with Crippen molar-refractivity contribution in [3.8, 4) is 0 Å². The van der Waals surface area contributed by atoms with Crippen molar-refractivity contribution < 1.29 is 27.2 Å². The predicted octanol–water partition coefficient (Wildman–Crippen LogP) is -0.368. The van der Waals surface area contributed by atoms with Gasteiger partial charge in [-0.05, 0) is 13.8 Å². The molecule has 3 fully saturated rings. The van der Waals surface area contributed by atoms with E-state index in [9.17, 15) is 13.2 Å². The second-order valence-electron chi connectivity index (χ2n) is 7.70. The molecular formula is C17H25N3O6S. The minimum Gasteiger partial charge on any atom is -0.379 e. The molecule has 9 nitrogen and oxygen atoms in total. The van der Waals surface area contributed by atoms with Crippen LogP contribution < -0.4 is 0 Å². The molecule has 0 bridgehead atoms. The fraction of sp³-hybridized carbons (Fsp3) is 0.765. The fourth-order valence-corrected chi connectivity index (χ4v) is 6.01. The molecule has 150 valence electrons. The van der Waals surface area contributed by atoms with Crippen molar-refractivity contribution in [3.63, 3.8) is 0 Å². The van der Waals surface area contributed by atoms with Crippen molar-refractivity contribution in [1.82, 2.24) is 15.0 Å². The summed E-state index contributed by atoms with van der Waals surface area (Å²) in [5.41, 5.74) is 0.213. The second-order valence-corrected chi connectivity index (χ2v) is 9.98. The van der Waals surface area contributed by atoms with E-state index in [-0.39, 0.29) is 31.4 Å². The van der Waals surface area contributed by atoms with Crippen LogP contribution in [-0.2, 0) is 19.3 Å². The van der Waals surface area contributed by atoms with E-state index < -0.39 is 20.7 Å². The Morgan fingerprint density at radius 1 is 1.26 bits per heavy atom. The Morgan fingerprint density at radius 3 is 2.56 bits per heavy atom. The van der Waals surface area contributed by atoms with Gasteiger partial charge in [0, 0.05) is 19.6 Å². The molecule has 3 saturated heterocycles. The van der Waals surface area contributed by atoms with E-state index in [1.165, 1.54) is 0 Å². The molecule has 3 aliphatic rings. The van der Waals surface area contributed by atoms with Gasteiger partial charge in [-0.2, -0.15) is 0 Å². The van der Waals surface area contributed by atoms with E-state index in [1.54, 1.807) is 18.7 Å². The van der Waals surface area contributed by atoms with Crippen molar-refractivity contribution in [2.75, 3.05) is 58.3 Å². The summed E-state index contributed by atoms with van der Waals surface area (Å²) in [6.07, 6.45) is 0. The van der Waals surface area contributed by atoms with Crippen LogP contribution in [0, 0.1) is 13.8 Å². The van der Waals surface area contributed by atoms with Crippen LogP contribution in [0.15, 0.2) is 4.52 Å². The summed E-state index contributed by atoms with van der Waals surface area (Å²) in [4.78, 5) is 16.4. The highest BCUT2D eigenvalue weighted by Crippen LogP contribution is 2.34. The van der Waals surface area contributed by atoms with E-state index in [0.717, 1.165) is 13.1 Å². The van der Waals surface area contributed by atoms with E-state index in [2.05, 4.69) is 10.1 Å². The molecule has 10 heteroatoms. The van der Waals surface area contributed by atoms with Gasteiger partial charge in [0.25, 0.3) is 5.91 Å². The van der Waals surface area contributed by atoms with Crippen molar-refractivity contribution in [2.24, 2.45) is 0 Å². The summed E-state index contributed by atoms with van der Waals surface area (Å²) in [6.45, 7) is 7.38. The number of morpholine rings is 1. The van der Waals surface area contributed by atoms with Crippen molar-refractivity contribution in [3.05, 3.63) is 17.0 Å². The summed E-state index contributed by atoms with van der Waals surface area (Å²) in [5.74, 6) is 0.245. The summed E-state index contributed by atoms with van der Waals surface area (Å²) in [5, 5.41) is 3.29. The fourth-order valence-electron chi connectivity index (χ4n) is 4.06. The van der Waals surface area contributed by atoms with Gasteiger partial charge >= 0.3 is 0 Å². The number of sulfone groups is 1. The summed E-state index contributed by atoms with van der Waals surface area (Å²) in [7, 11) is -3.29. The van der Waals surface area contributed by atoms with Crippen LogP contribution >= 0.6 is 0 Å². The van der Waals surface area contributed by atoms with Crippen molar-refractivity contribution in [2.45, 2.75) is 24.7 Å². The molecule has 4 rings (SSSR count). The maximum atomic E-state index is 12.8. The van der Waals surface area contributed by atoms with Crippen LogP contribution in [0.2, 0.25) is 0 Å². The Kier molecular flexibility index (Phi) is 4.77. The molecule has 1 aromatic rings. The number of ether oxygens (including phenoxy) is 2. The van der Waals surface area contributed by atoms with Crippen LogP contribution in [-0.4, -0.2) is 98.4 Å². The summed E-state index contributed by atoms with van der Waals surface area (Å²) in [6, 6.07) is 0. The minimum atomic E-state index is -3.29. The predicted molar refractivity (Wildman–Crippen MR) is 95.4 cm³/mol. The first-order valence-electron chi connectivity index (χ1n) is 9.17. The lowest BCUT2D eigenvalue weighted by atomic mass is 9.94. The SMILES string of the molecule is Cc1noc(C)c1C(=O)N1CC2(C1)CS(=O)(=O)[C@@H](CN1CCOCC1)CO2. The number of hydrogen-bond acceptors (Lipinski definition) is 8. The number of nitrogens with zero attached hydrogens (tertiary/aromatic N) is 3. The Morgan fingerprint density at radius 2 is 1.96 bits per heavy atom. The quantitative estimate of drug-likeness (QED) is 0.679. The molecule has 1 aromatic heterocycles. The third-order valence-corrected chi connectivity index (χ3v) is 7.83. The first kappa shape index (κ1) is 18.9. The second kappa shape index (κ2) is 6.84. The van der Waals surface area contributed by atoms with Gasteiger partial charge in [-0.25, -0.2) is 8.42 Å². The molecule has 0 radical (unpaired) electrons. The average molecular weight is 399 g/mol. The van der Waals surface area contributed by atoms with Crippen LogP contribution in [0.5, 0.6) is 0 Å². The number of aromatic nitrogens is 1. The molecule has 27 heavy (non-hydrogen) atoms. The number of aryl methyl sites for hydroxylation is 2. The van der Waals surface area contributed by atoms with Gasteiger partial charge in [0.05, 0.1) is 49.6 Å². The van der Waals surface area contributed by atoms with Crippen LogP contribution in [0.4, 0.5) is 0 Å². The lowest BCUT2D eigenvalue weighted by molar-refractivity contribution is -0.122. The number of hydrogen-bond donors (Lipinski definition) is 0. The van der Waals surface area contributed by atoms with Crippen LogP contribution in [0.25, 0.3) is 0 Å². The number of rotatable bonds is 3. The van der Waals surface area contributed by atoms with E-state index >= 15 is 0 Å². The monoisotopic (exact) mass is 399 g/mol. The Labute approximate surface area is 158 Å². The number of carbonyl (C=O) groups excluding carboxylic acids is 1. The highest BCUT2D eigenvalue weighted by atomic mass is 32.2. The standard InChI is InChI=1S/C17H25N3O6S/c1-12-15(13(2)26-18-12)16(21)20-9-17(10-20)11-27(22,23)14(8-25-17)7-19-3-5-24-6-4-19/h14H,3-11H2,1-2H3/t14-/m0/s1. The minimum absolute atomic E-state index is 0.0413. The third kappa shape index (κ3) is 3.51. The molecule has 0 aliphatic carbocycles. The van der Waals surface area contributed by atoms with Crippen LogP contribution in [0.3, 0.4) is 0 Å². The Bertz CT molecular complexity index is 804. The molecule has 1 atom stereocenters. The van der Waals surface area contributed by atoms with Crippen molar-refractivity contribution >= 4 is 15.7 Å². The molecule has 4 heterocycles. The number of likely N-dealkylation sites (tertiary alicyclic amines) is 1. The van der Waals surface area contributed by atoms with Gasteiger partial charge in [-0.3, -0.25) is 9.69 Å². The molecule has 1 spiro atoms. The highest BCUT2D eigenvalue weighted by Gasteiger charge is 2.54. The lowest BCUT2D eigenvalue weighted by Gasteiger charge is -2.52. The molecule has 0 saturated carbocycles. The molecule has 0 aromatic carbocycles. The average Bonchev–Trinajstić information content (AvgIpc) is 2.93.